The average Bonchev–Trinajstić information content (AvgIpc) is 2.95. The summed E-state index contributed by atoms with van der Waals surface area (Å²) >= 11 is 1.94. The van der Waals surface area contributed by atoms with Crippen LogP contribution in [-0.4, -0.2) is 6.54 Å². The number of benzene rings is 1. The molecule has 1 aliphatic carbocycles. The normalized spacial score (nSPS) is 17.9. The Labute approximate surface area is 126 Å². The van der Waals surface area contributed by atoms with Gasteiger partial charge in [0.05, 0.1) is 0 Å². The predicted molar refractivity (Wildman–Crippen MR) is 87.5 cm³/mol. The molecule has 20 heavy (non-hydrogen) atoms. The maximum absolute atomic E-state index is 3.66. The first kappa shape index (κ1) is 13.8. The second kappa shape index (κ2) is 6.55. The molecule has 3 rings (SSSR count). The van der Waals surface area contributed by atoms with E-state index in [-0.39, 0.29) is 0 Å². The van der Waals surface area contributed by atoms with Gasteiger partial charge in [-0.15, -0.1) is 11.3 Å². The van der Waals surface area contributed by atoms with Crippen molar-refractivity contribution in [3.63, 3.8) is 0 Å². The molecule has 1 unspecified atom stereocenters. The van der Waals surface area contributed by atoms with Gasteiger partial charge in [-0.05, 0) is 54.9 Å². The van der Waals surface area contributed by atoms with Gasteiger partial charge in [-0.25, -0.2) is 0 Å². The van der Waals surface area contributed by atoms with E-state index >= 15 is 0 Å². The Bertz CT molecular complexity index is 558. The largest absolute Gasteiger partial charge is 0.311 e. The minimum absolute atomic E-state index is 0.700. The Morgan fingerprint density at radius 3 is 2.85 bits per heavy atom. The Morgan fingerprint density at radius 2 is 2.00 bits per heavy atom. The van der Waals surface area contributed by atoms with Gasteiger partial charge in [0.25, 0.3) is 0 Å². The third-order valence-electron chi connectivity index (χ3n) is 4.25. The zero-order valence-electron chi connectivity index (χ0n) is 12.2. The number of aryl methyl sites for hydroxylation is 2. The van der Waals surface area contributed by atoms with Crippen LogP contribution in [0.3, 0.4) is 0 Å². The van der Waals surface area contributed by atoms with Gasteiger partial charge >= 0.3 is 0 Å². The van der Waals surface area contributed by atoms with Gasteiger partial charge in [0.15, 0.2) is 0 Å². The van der Waals surface area contributed by atoms with Gasteiger partial charge in [0.1, 0.15) is 0 Å². The van der Waals surface area contributed by atoms with Crippen molar-refractivity contribution in [2.75, 3.05) is 6.54 Å². The van der Waals surface area contributed by atoms with Crippen LogP contribution in [0.25, 0.3) is 0 Å². The zero-order valence-corrected chi connectivity index (χ0v) is 13.0. The molecule has 0 saturated heterocycles. The molecule has 0 fully saturated rings. The molecule has 2 aromatic rings. The van der Waals surface area contributed by atoms with Crippen LogP contribution in [-0.2, 0) is 19.4 Å². The van der Waals surface area contributed by atoms with Crippen molar-refractivity contribution in [1.82, 2.24) is 5.32 Å². The fraction of sp³-hybridized carbons (Fsp3) is 0.444. The lowest BCUT2D eigenvalue weighted by Gasteiger charge is -2.25. The van der Waals surface area contributed by atoms with Crippen molar-refractivity contribution in [2.24, 2.45) is 0 Å². The minimum atomic E-state index is 0.700. The summed E-state index contributed by atoms with van der Waals surface area (Å²) in [6.45, 7) is 4.35. The topological polar surface area (TPSA) is 12.0 Å². The summed E-state index contributed by atoms with van der Waals surface area (Å²) in [4.78, 5) is 2.95. The van der Waals surface area contributed by atoms with E-state index in [1.165, 1.54) is 29.0 Å². The fourth-order valence-corrected chi connectivity index (χ4v) is 4.07. The van der Waals surface area contributed by atoms with Gasteiger partial charge < -0.3 is 5.32 Å². The van der Waals surface area contributed by atoms with E-state index < -0.39 is 0 Å². The van der Waals surface area contributed by atoms with E-state index in [0.717, 1.165) is 19.5 Å². The van der Waals surface area contributed by atoms with Gasteiger partial charge in [0, 0.05) is 22.8 Å². The highest BCUT2D eigenvalue weighted by molar-refractivity contribution is 7.11. The van der Waals surface area contributed by atoms with E-state index in [2.05, 4.69) is 48.6 Å². The molecule has 2 heteroatoms. The van der Waals surface area contributed by atoms with Crippen LogP contribution in [0, 0.1) is 0 Å². The number of hydrogen-bond donors (Lipinski definition) is 1. The summed E-state index contributed by atoms with van der Waals surface area (Å²) in [7, 11) is 0. The highest BCUT2D eigenvalue weighted by Gasteiger charge is 2.19. The zero-order chi connectivity index (χ0) is 13.8. The van der Waals surface area contributed by atoms with Crippen molar-refractivity contribution in [2.45, 2.75) is 45.1 Å². The molecule has 0 amide bonds. The van der Waals surface area contributed by atoms with Crippen LogP contribution >= 0.6 is 11.3 Å². The Morgan fingerprint density at radius 1 is 1.15 bits per heavy atom. The molecule has 1 aliphatic rings. The summed E-state index contributed by atoms with van der Waals surface area (Å²) in [6, 6.07) is 13.5. The van der Waals surface area contributed by atoms with E-state index in [4.69, 9.17) is 0 Å². The molecule has 0 aliphatic heterocycles. The van der Waals surface area contributed by atoms with Crippen molar-refractivity contribution in [3.05, 3.63) is 57.3 Å². The highest BCUT2D eigenvalue weighted by atomic mass is 32.1. The summed E-state index contributed by atoms with van der Waals surface area (Å²) in [5.74, 6) is 0.700. The molecule has 1 aromatic carbocycles. The second-order valence-corrected chi connectivity index (χ2v) is 6.89. The number of nitrogens with one attached hydrogen (secondary N) is 1. The SMILES string of the molecule is CCc1ccc(CNCC2CCCc3ccccc32)s1. The van der Waals surface area contributed by atoms with Crippen molar-refractivity contribution in [3.8, 4) is 0 Å². The molecular weight excluding hydrogens is 262 g/mol. The van der Waals surface area contributed by atoms with Gasteiger partial charge in [-0.2, -0.15) is 0 Å². The smallest absolute Gasteiger partial charge is 0.0300 e. The lowest BCUT2D eigenvalue weighted by molar-refractivity contribution is 0.508. The molecule has 1 heterocycles. The summed E-state index contributed by atoms with van der Waals surface area (Å²) in [5.41, 5.74) is 3.14. The summed E-state index contributed by atoms with van der Waals surface area (Å²) < 4.78 is 0. The predicted octanol–water partition coefficient (Wildman–Crippen LogP) is 4.52. The lowest BCUT2D eigenvalue weighted by atomic mass is 9.83. The van der Waals surface area contributed by atoms with Crippen LogP contribution in [0.15, 0.2) is 36.4 Å². The average molecular weight is 285 g/mol. The van der Waals surface area contributed by atoms with E-state index in [0.29, 0.717) is 5.92 Å². The van der Waals surface area contributed by atoms with Crippen LogP contribution in [0.1, 0.15) is 46.6 Å². The molecule has 0 bridgehead atoms. The van der Waals surface area contributed by atoms with Crippen molar-refractivity contribution >= 4 is 11.3 Å². The third kappa shape index (κ3) is 3.13. The van der Waals surface area contributed by atoms with Crippen LogP contribution in [0.2, 0.25) is 0 Å². The monoisotopic (exact) mass is 285 g/mol. The molecule has 0 radical (unpaired) electrons. The molecule has 0 spiro atoms. The second-order valence-electron chi connectivity index (χ2n) is 5.64. The fourth-order valence-electron chi connectivity index (χ4n) is 3.14. The number of hydrogen-bond acceptors (Lipinski definition) is 2. The first-order chi connectivity index (χ1) is 9.86. The van der Waals surface area contributed by atoms with Gasteiger partial charge in [-0.1, -0.05) is 31.2 Å². The van der Waals surface area contributed by atoms with Gasteiger partial charge in [-0.3, -0.25) is 0 Å². The van der Waals surface area contributed by atoms with Crippen molar-refractivity contribution < 1.29 is 0 Å². The van der Waals surface area contributed by atoms with E-state index in [1.54, 1.807) is 11.1 Å². The molecular formula is C18H23NS. The van der Waals surface area contributed by atoms with E-state index in [9.17, 15) is 0 Å². The lowest BCUT2D eigenvalue weighted by Crippen LogP contribution is -2.23. The molecule has 1 atom stereocenters. The van der Waals surface area contributed by atoms with Gasteiger partial charge in [0.2, 0.25) is 0 Å². The molecule has 0 saturated carbocycles. The summed E-state index contributed by atoms with van der Waals surface area (Å²) in [6.07, 6.45) is 5.08. The molecule has 1 aromatic heterocycles. The number of fused-ring (bicyclic) bond motifs is 1. The first-order valence-corrected chi connectivity index (χ1v) is 8.54. The number of thiophene rings is 1. The van der Waals surface area contributed by atoms with Crippen LogP contribution < -0.4 is 5.32 Å². The standard InChI is InChI=1S/C18H23NS/c1-2-16-10-11-17(20-16)13-19-12-15-8-5-7-14-6-3-4-9-18(14)15/h3-4,6,9-11,15,19H,2,5,7-8,12-13H2,1H3. The van der Waals surface area contributed by atoms with Crippen LogP contribution in [0.4, 0.5) is 0 Å². The maximum atomic E-state index is 3.66. The quantitative estimate of drug-likeness (QED) is 0.851. The molecule has 1 N–H and O–H groups in total. The molecule has 1 nitrogen and oxygen atoms in total. The Kier molecular flexibility index (Phi) is 4.54. The van der Waals surface area contributed by atoms with E-state index in [1.807, 2.05) is 11.3 Å². The van der Waals surface area contributed by atoms with Crippen LogP contribution in [0.5, 0.6) is 0 Å². The van der Waals surface area contributed by atoms with Crippen molar-refractivity contribution in [1.29, 1.82) is 0 Å². The summed E-state index contributed by atoms with van der Waals surface area (Å²) in [5, 5.41) is 3.66. The minimum Gasteiger partial charge on any atom is -0.311 e. The Balaban J connectivity index is 1.57. The first-order valence-electron chi connectivity index (χ1n) is 7.73. The highest BCUT2D eigenvalue weighted by Crippen LogP contribution is 2.30. The number of rotatable bonds is 5. The Hall–Kier alpha value is -1.12. The third-order valence-corrected chi connectivity index (χ3v) is 5.48. The maximum Gasteiger partial charge on any atom is 0.0300 e. The molecule has 106 valence electrons.